The minimum absolute atomic E-state index is 0. The number of nitrogens with one attached hydrogen (secondary N) is 1. The summed E-state index contributed by atoms with van der Waals surface area (Å²) < 4.78 is 1.92. The van der Waals surface area contributed by atoms with E-state index >= 15 is 0 Å². The summed E-state index contributed by atoms with van der Waals surface area (Å²) in [6.07, 6.45) is 10.9. The van der Waals surface area contributed by atoms with Crippen molar-refractivity contribution >= 4 is 29.9 Å². The highest BCUT2D eigenvalue weighted by Crippen LogP contribution is 2.11. The molecule has 1 saturated heterocycles. The maximum absolute atomic E-state index is 4.70. The third-order valence-electron chi connectivity index (χ3n) is 4.95. The SMILES string of the molecule is CCCC/C=C/c1cnc2ccc(NCCCN3CCN(C)CC3)nn12.Cl. The number of halogens is 1. The zero-order chi connectivity index (χ0) is 18.2. The highest BCUT2D eigenvalue weighted by Gasteiger charge is 2.12. The van der Waals surface area contributed by atoms with E-state index in [-0.39, 0.29) is 12.4 Å². The van der Waals surface area contributed by atoms with Crippen molar-refractivity contribution in [2.75, 3.05) is 51.6 Å². The van der Waals surface area contributed by atoms with Crippen LogP contribution in [-0.2, 0) is 0 Å². The van der Waals surface area contributed by atoms with Crippen molar-refractivity contribution in [1.29, 1.82) is 0 Å². The number of likely N-dealkylation sites (N-methyl/N-ethyl adjacent to an activating group) is 1. The normalized spacial score (nSPS) is 16.1. The third kappa shape index (κ3) is 6.48. The first-order chi connectivity index (χ1) is 12.8. The number of hydrogen-bond acceptors (Lipinski definition) is 5. The van der Waals surface area contributed by atoms with Crippen molar-refractivity contribution in [3.63, 3.8) is 0 Å². The summed E-state index contributed by atoms with van der Waals surface area (Å²) in [5.41, 5.74) is 1.93. The fourth-order valence-electron chi connectivity index (χ4n) is 3.22. The average Bonchev–Trinajstić information content (AvgIpc) is 3.06. The van der Waals surface area contributed by atoms with E-state index in [0.29, 0.717) is 0 Å². The number of nitrogens with zero attached hydrogens (tertiary/aromatic N) is 5. The van der Waals surface area contributed by atoms with Crippen LogP contribution in [0.5, 0.6) is 0 Å². The van der Waals surface area contributed by atoms with Gasteiger partial charge in [0.15, 0.2) is 5.65 Å². The maximum atomic E-state index is 4.70. The molecule has 1 fully saturated rings. The lowest BCUT2D eigenvalue weighted by Crippen LogP contribution is -2.44. The van der Waals surface area contributed by atoms with Crippen LogP contribution in [0, 0.1) is 0 Å². The predicted octanol–water partition coefficient (Wildman–Crippen LogP) is 3.40. The number of rotatable bonds is 9. The van der Waals surface area contributed by atoms with Crippen LogP contribution >= 0.6 is 12.4 Å². The number of hydrogen-bond donors (Lipinski definition) is 1. The van der Waals surface area contributed by atoms with Gasteiger partial charge in [0, 0.05) is 32.7 Å². The quantitative estimate of drug-likeness (QED) is 0.663. The van der Waals surface area contributed by atoms with Gasteiger partial charge in [-0.2, -0.15) is 0 Å². The first kappa shape index (κ1) is 21.7. The first-order valence-corrected chi connectivity index (χ1v) is 9.92. The molecular formula is C20H33ClN6. The lowest BCUT2D eigenvalue weighted by molar-refractivity contribution is 0.154. The number of fused-ring (bicyclic) bond motifs is 1. The number of unbranched alkanes of at least 4 members (excludes halogenated alkanes) is 2. The molecule has 0 saturated carbocycles. The van der Waals surface area contributed by atoms with Gasteiger partial charge < -0.3 is 15.1 Å². The van der Waals surface area contributed by atoms with E-state index in [0.717, 1.165) is 43.1 Å². The van der Waals surface area contributed by atoms with E-state index in [1.54, 1.807) is 0 Å². The molecule has 1 aliphatic heterocycles. The molecule has 0 radical (unpaired) electrons. The van der Waals surface area contributed by atoms with Gasteiger partial charge in [-0.25, -0.2) is 9.50 Å². The molecule has 150 valence electrons. The van der Waals surface area contributed by atoms with Gasteiger partial charge in [-0.15, -0.1) is 17.5 Å². The summed E-state index contributed by atoms with van der Waals surface area (Å²) in [5, 5.41) is 8.16. The van der Waals surface area contributed by atoms with Crippen molar-refractivity contribution in [3.05, 3.63) is 30.1 Å². The number of anilines is 1. The Kier molecular flexibility index (Phi) is 9.04. The predicted molar refractivity (Wildman–Crippen MR) is 116 cm³/mol. The van der Waals surface area contributed by atoms with Gasteiger partial charge in [0.25, 0.3) is 0 Å². The summed E-state index contributed by atoms with van der Waals surface area (Å²) in [7, 11) is 2.20. The van der Waals surface area contributed by atoms with Crippen LogP contribution in [0.15, 0.2) is 24.4 Å². The third-order valence-corrected chi connectivity index (χ3v) is 4.95. The van der Waals surface area contributed by atoms with Crippen LogP contribution in [0.2, 0.25) is 0 Å². The molecule has 3 heterocycles. The molecule has 1 N–H and O–H groups in total. The topological polar surface area (TPSA) is 48.7 Å². The summed E-state index contributed by atoms with van der Waals surface area (Å²) in [5.74, 6) is 0.914. The Morgan fingerprint density at radius 2 is 1.96 bits per heavy atom. The summed E-state index contributed by atoms with van der Waals surface area (Å²) in [4.78, 5) is 9.38. The van der Waals surface area contributed by atoms with Crippen molar-refractivity contribution < 1.29 is 0 Å². The molecule has 0 amide bonds. The van der Waals surface area contributed by atoms with E-state index in [1.807, 2.05) is 22.8 Å². The van der Waals surface area contributed by atoms with Crippen LogP contribution in [0.4, 0.5) is 5.82 Å². The van der Waals surface area contributed by atoms with E-state index in [4.69, 9.17) is 5.10 Å². The molecule has 0 unspecified atom stereocenters. The fourth-order valence-corrected chi connectivity index (χ4v) is 3.22. The molecule has 2 aromatic rings. The Labute approximate surface area is 169 Å². The standard InChI is InChI=1S/C20H32N6.ClH/c1-3-4-5-6-8-18-17-22-20-10-9-19(23-26(18)20)21-11-7-12-25-15-13-24(2)14-16-25;/h6,8-10,17H,3-5,7,11-16H2,1-2H3,(H,21,23);1H/b8-6+;. The monoisotopic (exact) mass is 392 g/mol. The molecule has 0 aliphatic carbocycles. The van der Waals surface area contributed by atoms with Gasteiger partial charge in [-0.3, -0.25) is 0 Å². The Bertz CT molecular complexity index is 706. The minimum Gasteiger partial charge on any atom is -0.369 e. The van der Waals surface area contributed by atoms with Crippen LogP contribution in [0.3, 0.4) is 0 Å². The molecule has 6 nitrogen and oxygen atoms in total. The number of imidazole rings is 1. The minimum atomic E-state index is 0. The number of aromatic nitrogens is 3. The molecule has 7 heteroatoms. The first-order valence-electron chi connectivity index (χ1n) is 9.92. The Balaban J connectivity index is 0.00000261. The van der Waals surface area contributed by atoms with E-state index in [2.05, 4.69) is 46.2 Å². The smallest absolute Gasteiger partial charge is 0.154 e. The number of piperazine rings is 1. The fraction of sp³-hybridized carbons (Fsp3) is 0.600. The van der Waals surface area contributed by atoms with Gasteiger partial charge in [-0.1, -0.05) is 25.8 Å². The summed E-state index contributed by atoms with van der Waals surface area (Å²) in [6, 6.07) is 4.04. The largest absolute Gasteiger partial charge is 0.369 e. The van der Waals surface area contributed by atoms with Gasteiger partial charge in [0.05, 0.1) is 11.9 Å². The molecule has 0 bridgehead atoms. The molecule has 0 spiro atoms. The second-order valence-electron chi connectivity index (χ2n) is 7.14. The molecule has 2 aromatic heterocycles. The summed E-state index contributed by atoms with van der Waals surface area (Å²) in [6.45, 7) is 9.04. The highest BCUT2D eigenvalue weighted by atomic mass is 35.5. The Hall–Kier alpha value is -1.63. The molecule has 27 heavy (non-hydrogen) atoms. The van der Waals surface area contributed by atoms with Crippen LogP contribution in [0.1, 0.15) is 38.3 Å². The highest BCUT2D eigenvalue weighted by molar-refractivity contribution is 5.85. The maximum Gasteiger partial charge on any atom is 0.154 e. The van der Waals surface area contributed by atoms with Gasteiger partial charge >= 0.3 is 0 Å². The van der Waals surface area contributed by atoms with Gasteiger partial charge in [-0.05, 0) is 44.6 Å². The molecular weight excluding hydrogens is 360 g/mol. The Morgan fingerprint density at radius 1 is 1.15 bits per heavy atom. The van der Waals surface area contributed by atoms with Crippen LogP contribution < -0.4 is 5.32 Å². The zero-order valence-corrected chi connectivity index (χ0v) is 17.4. The summed E-state index contributed by atoms with van der Waals surface area (Å²) >= 11 is 0. The zero-order valence-electron chi connectivity index (χ0n) is 16.6. The molecule has 0 atom stereocenters. The van der Waals surface area contributed by atoms with Crippen molar-refractivity contribution in [1.82, 2.24) is 24.4 Å². The van der Waals surface area contributed by atoms with E-state index in [9.17, 15) is 0 Å². The van der Waals surface area contributed by atoms with Gasteiger partial charge in [0.1, 0.15) is 5.82 Å². The van der Waals surface area contributed by atoms with Crippen molar-refractivity contribution in [2.45, 2.75) is 32.6 Å². The van der Waals surface area contributed by atoms with Crippen LogP contribution in [0.25, 0.3) is 11.7 Å². The average molecular weight is 393 g/mol. The van der Waals surface area contributed by atoms with Crippen molar-refractivity contribution in [3.8, 4) is 0 Å². The Morgan fingerprint density at radius 3 is 2.74 bits per heavy atom. The van der Waals surface area contributed by atoms with E-state index < -0.39 is 0 Å². The van der Waals surface area contributed by atoms with Crippen LogP contribution in [-0.4, -0.2) is 70.7 Å². The molecule has 0 aromatic carbocycles. The van der Waals surface area contributed by atoms with Crippen molar-refractivity contribution in [2.24, 2.45) is 0 Å². The lowest BCUT2D eigenvalue weighted by Gasteiger charge is -2.32. The van der Waals surface area contributed by atoms with Gasteiger partial charge in [0.2, 0.25) is 0 Å². The molecule has 3 rings (SSSR count). The second kappa shape index (κ2) is 11.3. The second-order valence-corrected chi connectivity index (χ2v) is 7.14. The lowest BCUT2D eigenvalue weighted by atomic mass is 10.2. The number of allylic oxidation sites excluding steroid dienone is 1. The van der Waals surface area contributed by atoms with E-state index in [1.165, 1.54) is 39.0 Å². The molecule has 1 aliphatic rings.